The van der Waals surface area contributed by atoms with E-state index in [1.807, 2.05) is 36.4 Å². The number of hydrogen-bond acceptors (Lipinski definition) is 5. The number of nitrogens with zero attached hydrogens (tertiary/aromatic N) is 2. The SMILES string of the molecule is N#Cc1c(NC(=O)CCSc2nc3ccccc3[nH]2)sc2c1CCc1ccccc1-2. The number of carbonyl (C=O) groups is 1. The first-order valence-electron chi connectivity index (χ1n) is 9.74. The largest absolute Gasteiger partial charge is 0.333 e. The quantitative estimate of drug-likeness (QED) is 0.416. The van der Waals surface area contributed by atoms with Crippen molar-refractivity contribution in [1.82, 2.24) is 9.97 Å². The number of benzene rings is 2. The Bertz CT molecular complexity index is 1270. The summed E-state index contributed by atoms with van der Waals surface area (Å²) >= 11 is 3.03. The summed E-state index contributed by atoms with van der Waals surface area (Å²) in [5, 5.41) is 14.2. The van der Waals surface area contributed by atoms with Crippen LogP contribution in [0.2, 0.25) is 0 Å². The highest BCUT2D eigenvalue weighted by Crippen LogP contribution is 2.44. The van der Waals surface area contributed by atoms with Crippen molar-refractivity contribution in [1.29, 1.82) is 5.26 Å². The second-order valence-electron chi connectivity index (χ2n) is 7.09. The van der Waals surface area contributed by atoms with Crippen molar-refractivity contribution in [2.75, 3.05) is 11.1 Å². The number of H-pyrrole nitrogens is 1. The van der Waals surface area contributed by atoms with E-state index < -0.39 is 0 Å². The number of anilines is 1. The zero-order valence-electron chi connectivity index (χ0n) is 16.1. The van der Waals surface area contributed by atoms with Gasteiger partial charge in [-0.1, -0.05) is 48.2 Å². The van der Waals surface area contributed by atoms with Crippen LogP contribution in [0.25, 0.3) is 21.5 Å². The third kappa shape index (κ3) is 3.49. The Labute approximate surface area is 182 Å². The molecule has 2 aromatic heterocycles. The maximum atomic E-state index is 12.5. The molecule has 0 atom stereocenters. The van der Waals surface area contributed by atoms with Crippen LogP contribution in [0.4, 0.5) is 5.00 Å². The first kappa shape index (κ1) is 18.9. The molecule has 148 valence electrons. The van der Waals surface area contributed by atoms with E-state index in [1.165, 1.54) is 34.2 Å². The van der Waals surface area contributed by atoms with E-state index in [-0.39, 0.29) is 5.91 Å². The van der Waals surface area contributed by atoms with Gasteiger partial charge in [-0.3, -0.25) is 4.79 Å². The number of rotatable bonds is 5. The highest BCUT2D eigenvalue weighted by Gasteiger charge is 2.25. The molecule has 1 aliphatic carbocycles. The number of imidazole rings is 1. The summed E-state index contributed by atoms with van der Waals surface area (Å²) < 4.78 is 0. The molecule has 5 rings (SSSR count). The third-order valence-corrected chi connectivity index (χ3v) is 7.27. The average molecular weight is 431 g/mol. The van der Waals surface area contributed by atoms with Gasteiger partial charge in [0.2, 0.25) is 5.91 Å². The summed E-state index contributed by atoms with van der Waals surface area (Å²) in [5.74, 6) is 0.531. The first-order chi connectivity index (χ1) is 14.7. The van der Waals surface area contributed by atoms with Crippen LogP contribution < -0.4 is 5.32 Å². The van der Waals surface area contributed by atoms with E-state index in [2.05, 4.69) is 33.5 Å². The van der Waals surface area contributed by atoms with Gasteiger partial charge in [-0.25, -0.2) is 4.98 Å². The van der Waals surface area contributed by atoms with Crippen LogP contribution in [0.15, 0.2) is 53.7 Å². The van der Waals surface area contributed by atoms with Crippen LogP contribution in [0.5, 0.6) is 0 Å². The van der Waals surface area contributed by atoms with Crippen molar-refractivity contribution in [2.45, 2.75) is 24.4 Å². The van der Waals surface area contributed by atoms with E-state index >= 15 is 0 Å². The lowest BCUT2D eigenvalue weighted by molar-refractivity contribution is -0.115. The molecule has 5 nitrogen and oxygen atoms in total. The average Bonchev–Trinajstić information content (AvgIpc) is 3.34. The van der Waals surface area contributed by atoms with Gasteiger partial charge in [0.25, 0.3) is 0 Å². The van der Waals surface area contributed by atoms with Gasteiger partial charge in [-0.05, 0) is 41.7 Å². The number of nitriles is 1. The van der Waals surface area contributed by atoms with Crippen molar-refractivity contribution in [3.63, 3.8) is 0 Å². The van der Waals surface area contributed by atoms with Crippen molar-refractivity contribution < 1.29 is 4.79 Å². The van der Waals surface area contributed by atoms with Gasteiger partial charge in [0, 0.05) is 17.1 Å². The topological polar surface area (TPSA) is 81.6 Å². The van der Waals surface area contributed by atoms with Crippen molar-refractivity contribution >= 4 is 45.0 Å². The Morgan fingerprint density at radius 2 is 2.03 bits per heavy atom. The number of fused-ring (bicyclic) bond motifs is 4. The minimum atomic E-state index is -0.0815. The lowest BCUT2D eigenvalue weighted by Gasteiger charge is -2.15. The molecule has 0 unspecified atom stereocenters. The van der Waals surface area contributed by atoms with E-state index in [9.17, 15) is 10.1 Å². The summed E-state index contributed by atoms with van der Waals surface area (Å²) in [7, 11) is 0. The minimum absolute atomic E-state index is 0.0815. The van der Waals surface area contributed by atoms with E-state index in [0.29, 0.717) is 22.7 Å². The molecule has 1 aliphatic rings. The van der Waals surface area contributed by atoms with Gasteiger partial charge >= 0.3 is 0 Å². The molecular formula is C23H18N4OS2. The van der Waals surface area contributed by atoms with Crippen molar-refractivity contribution in [3.8, 4) is 16.5 Å². The fourth-order valence-electron chi connectivity index (χ4n) is 3.77. The fraction of sp³-hybridized carbons (Fsp3) is 0.174. The Morgan fingerprint density at radius 1 is 1.20 bits per heavy atom. The number of amides is 1. The molecule has 0 spiro atoms. The molecule has 2 heterocycles. The number of carbonyl (C=O) groups excluding carboxylic acids is 1. The summed E-state index contributed by atoms with van der Waals surface area (Å²) in [4.78, 5) is 21.4. The van der Waals surface area contributed by atoms with Gasteiger partial charge in [0.1, 0.15) is 11.1 Å². The number of hydrogen-bond donors (Lipinski definition) is 2. The fourth-order valence-corrected chi connectivity index (χ4v) is 5.88. The smallest absolute Gasteiger partial charge is 0.225 e. The molecule has 0 bridgehead atoms. The molecule has 0 fully saturated rings. The first-order valence-corrected chi connectivity index (χ1v) is 11.5. The molecule has 0 radical (unpaired) electrons. The van der Waals surface area contributed by atoms with E-state index in [4.69, 9.17) is 0 Å². The van der Waals surface area contributed by atoms with Crippen LogP contribution in [-0.2, 0) is 17.6 Å². The predicted molar refractivity (Wildman–Crippen MR) is 122 cm³/mol. The molecule has 0 saturated heterocycles. The van der Waals surface area contributed by atoms with Crippen LogP contribution in [0, 0.1) is 11.3 Å². The normalized spacial score (nSPS) is 12.2. The van der Waals surface area contributed by atoms with Crippen molar-refractivity contribution in [3.05, 3.63) is 65.2 Å². The summed E-state index contributed by atoms with van der Waals surface area (Å²) in [6, 6.07) is 18.5. The predicted octanol–water partition coefficient (Wildman–Crippen LogP) is 5.38. The van der Waals surface area contributed by atoms with Gasteiger partial charge in [-0.2, -0.15) is 5.26 Å². The van der Waals surface area contributed by atoms with Crippen molar-refractivity contribution in [2.24, 2.45) is 0 Å². The van der Waals surface area contributed by atoms with Crippen LogP contribution in [-0.4, -0.2) is 21.6 Å². The Hall–Kier alpha value is -3.08. The second kappa shape index (κ2) is 7.98. The lowest BCUT2D eigenvalue weighted by Crippen LogP contribution is -2.12. The third-order valence-electron chi connectivity index (χ3n) is 5.21. The molecular weight excluding hydrogens is 412 g/mol. The number of thiophene rings is 1. The van der Waals surface area contributed by atoms with E-state index in [1.54, 1.807) is 0 Å². The van der Waals surface area contributed by atoms with Crippen LogP contribution in [0.1, 0.15) is 23.1 Å². The summed E-state index contributed by atoms with van der Waals surface area (Å²) in [6.07, 6.45) is 2.12. The van der Waals surface area contributed by atoms with Gasteiger partial charge in [-0.15, -0.1) is 11.3 Å². The van der Waals surface area contributed by atoms with Gasteiger partial charge in [0.15, 0.2) is 5.16 Å². The molecule has 0 aliphatic heterocycles. The molecule has 1 amide bonds. The summed E-state index contributed by atoms with van der Waals surface area (Å²) in [6.45, 7) is 0. The maximum Gasteiger partial charge on any atom is 0.225 e. The van der Waals surface area contributed by atoms with Crippen LogP contribution >= 0.6 is 23.1 Å². The molecule has 2 aromatic carbocycles. The summed E-state index contributed by atoms with van der Waals surface area (Å²) in [5.41, 5.74) is 6.08. The Balaban J connectivity index is 1.27. The van der Waals surface area contributed by atoms with Crippen LogP contribution in [0.3, 0.4) is 0 Å². The lowest BCUT2D eigenvalue weighted by atomic mass is 9.90. The number of aryl methyl sites for hydroxylation is 1. The molecule has 30 heavy (non-hydrogen) atoms. The second-order valence-corrected chi connectivity index (χ2v) is 9.19. The molecule has 2 N–H and O–H groups in total. The standard InChI is InChI=1S/C23H18N4OS2/c24-13-17-16-10-9-14-5-1-2-6-15(14)21(16)30-22(17)27-20(28)11-12-29-23-25-18-7-3-4-8-19(18)26-23/h1-8H,9-12H2,(H,25,26)(H,27,28). The monoisotopic (exact) mass is 430 g/mol. The zero-order valence-corrected chi connectivity index (χ0v) is 17.7. The number of nitrogens with one attached hydrogen (secondary N) is 2. The van der Waals surface area contributed by atoms with E-state index in [0.717, 1.165) is 39.5 Å². The Morgan fingerprint density at radius 3 is 2.90 bits per heavy atom. The highest BCUT2D eigenvalue weighted by atomic mass is 32.2. The molecule has 4 aromatic rings. The number of aromatic nitrogens is 2. The minimum Gasteiger partial charge on any atom is -0.333 e. The molecule has 0 saturated carbocycles. The number of thioether (sulfide) groups is 1. The zero-order chi connectivity index (χ0) is 20.5. The van der Waals surface area contributed by atoms with Gasteiger partial charge < -0.3 is 10.3 Å². The number of aromatic amines is 1. The highest BCUT2D eigenvalue weighted by molar-refractivity contribution is 7.99. The maximum absolute atomic E-state index is 12.5. The van der Waals surface area contributed by atoms with Gasteiger partial charge in [0.05, 0.1) is 16.6 Å². The number of para-hydroxylation sites is 2. The molecule has 7 heteroatoms. The Kier molecular flexibility index (Phi) is 5.03.